The molecular weight excluding hydrogens is 332 g/mol. The smallest absolute Gasteiger partial charge is 0.340 e. The molecule has 0 aliphatic rings. The third-order valence-corrected chi connectivity index (χ3v) is 3.43. The summed E-state index contributed by atoms with van der Waals surface area (Å²) >= 11 is 0. The maximum Gasteiger partial charge on any atom is 0.340 e. The highest BCUT2D eigenvalue weighted by atomic mass is 16.5. The lowest BCUT2D eigenvalue weighted by molar-refractivity contribution is 0.0527. The van der Waals surface area contributed by atoms with Crippen molar-refractivity contribution in [2.24, 2.45) is 5.92 Å². The van der Waals surface area contributed by atoms with Crippen LogP contribution in [0, 0.1) is 12.8 Å². The van der Waals surface area contributed by atoms with E-state index in [2.05, 4.69) is 20.6 Å². The molecule has 0 aliphatic heterocycles. The first-order valence-corrected chi connectivity index (χ1v) is 8.57. The molecule has 0 radical (unpaired) electrons. The van der Waals surface area contributed by atoms with E-state index in [0.29, 0.717) is 29.4 Å². The predicted octanol–water partition coefficient (Wildman–Crippen LogP) is 3.09. The van der Waals surface area contributed by atoms with Crippen LogP contribution in [0.1, 0.15) is 47.3 Å². The van der Waals surface area contributed by atoms with Crippen LogP contribution in [0.25, 0.3) is 0 Å². The van der Waals surface area contributed by atoms with Gasteiger partial charge in [-0.2, -0.15) is 0 Å². The summed E-state index contributed by atoms with van der Waals surface area (Å²) in [6, 6.07) is 8.55. The molecule has 0 unspecified atom stereocenters. The average molecular weight is 356 g/mol. The highest BCUT2D eigenvalue weighted by Crippen LogP contribution is 2.20. The van der Waals surface area contributed by atoms with Crippen LogP contribution in [0.5, 0.6) is 0 Å². The van der Waals surface area contributed by atoms with Gasteiger partial charge in [-0.15, -0.1) is 0 Å². The number of nitrogens with one attached hydrogen (secondary N) is 2. The van der Waals surface area contributed by atoms with Gasteiger partial charge >= 0.3 is 5.97 Å². The second kappa shape index (κ2) is 8.94. The Bertz CT molecular complexity index is 790. The van der Waals surface area contributed by atoms with Crippen LogP contribution in [-0.4, -0.2) is 35.0 Å². The fourth-order valence-corrected chi connectivity index (χ4v) is 2.23. The number of nitrogens with zero attached hydrogens (tertiary/aromatic N) is 2. The molecule has 1 aromatic heterocycles. The number of amides is 1. The zero-order chi connectivity index (χ0) is 19.1. The van der Waals surface area contributed by atoms with E-state index in [1.165, 1.54) is 0 Å². The lowest BCUT2D eigenvalue weighted by Crippen LogP contribution is -2.28. The number of esters is 1. The second-order valence-corrected chi connectivity index (χ2v) is 6.21. The monoisotopic (exact) mass is 356 g/mol. The van der Waals surface area contributed by atoms with Crippen molar-refractivity contribution in [1.29, 1.82) is 0 Å². The number of ether oxygens (including phenoxy) is 1. The van der Waals surface area contributed by atoms with Gasteiger partial charge in [0.15, 0.2) is 0 Å². The van der Waals surface area contributed by atoms with Gasteiger partial charge in [0.2, 0.25) is 5.95 Å². The quantitative estimate of drug-likeness (QED) is 0.741. The fraction of sp³-hybridized carbons (Fsp3) is 0.368. The van der Waals surface area contributed by atoms with Gasteiger partial charge in [-0.05, 0) is 38.0 Å². The summed E-state index contributed by atoms with van der Waals surface area (Å²) in [6.07, 6.45) is 0. The molecule has 2 rings (SSSR count). The molecule has 138 valence electrons. The number of hydrogen-bond acceptors (Lipinski definition) is 6. The largest absolute Gasteiger partial charge is 0.462 e. The third kappa shape index (κ3) is 5.27. The van der Waals surface area contributed by atoms with Crippen molar-refractivity contribution in [3.8, 4) is 0 Å². The third-order valence-electron chi connectivity index (χ3n) is 3.43. The van der Waals surface area contributed by atoms with E-state index in [1.807, 2.05) is 13.8 Å². The molecule has 1 aromatic carbocycles. The minimum absolute atomic E-state index is 0.247. The number of aryl methyl sites for hydroxylation is 1. The van der Waals surface area contributed by atoms with Crippen LogP contribution in [0.4, 0.5) is 11.6 Å². The predicted molar refractivity (Wildman–Crippen MR) is 99.6 cm³/mol. The Hall–Kier alpha value is -2.96. The molecule has 1 amide bonds. The Labute approximate surface area is 153 Å². The van der Waals surface area contributed by atoms with Gasteiger partial charge in [-0.1, -0.05) is 26.0 Å². The van der Waals surface area contributed by atoms with E-state index < -0.39 is 5.97 Å². The zero-order valence-corrected chi connectivity index (χ0v) is 15.5. The minimum Gasteiger partial charge on any atom is -0.462 e. The second-order valence-electron chi connectivity index (χ2n) is 6.21. The molecule has 0 aliphatic carbocycles. The van der Waals surface area contributed by atoms with E-state index in [4.69, 9.17) is 4.74 Å². The summed E-state index contributed by atoms with van der Waals surface area (Å²) in [7, 11) is 0. The molecule has 0 spiro atoms. The molecule has 1 heterocycles. The van der Waals surface area contributed by atoms with Gasteiger partial charge in [-0.25, -0.2) is 14.8 Å². The van der Waals surface area contributed by atoms with Crippen molar-refractivity contribution in [3.63, 3.8) is 0 Å². The standard InChI is InChI=1S/C19H24N4O3/c1-5-26-18(25)14-8-6-7-9-15(14)22-19-21-13(4)10-16(23-19)17(24)20-11-12(2)3/h6-10,12H,5,11H2,1-4H3,(H,20,24)(H,21,22,23). The number of benzene rings is 1. The summed E-state index contributed by atoms with van der Waals surface area (Å²) in [6.45, 7) is 8.42. The molecule has 0 fully saturated rings. The molecule has 0 saturated carbocycles. The molecule has 0 bridgehead atoms. The lowest BCUT2D eigenvalue weighted by atomic mass is 10.2. The Morgan fingerprint density at radius 1 is 1.19 bits per heavy atom. The van der Waals surface area contributed by atoms with Gasteiger partial charge in [0, 0.05) is 12.2 Å². The molecule has 7 heteroatoms. The van der Waals surface area contributed by atoms with Crippen molar-refractivity contribution < 1.29 is 14.3 Å². The highest BCUT2D eigenvalue weighted by Gasteiger charge is 2.15. The van der Waals surface area contributed by atoms with Crippen molar-refractivity contribution in [2.45, 2.75) is 27.7 Å². The van der Waals surface area contributed by atoms with Gasteiger partial charge in [-0.3, -0.25) is 4.79 Å². The van der Waals surface area contributed by atoms with Crippen LogP contribution < -0.4 is 10.6 Å². The Morgan fingerprint density at radius 3 is 2.62 bits per heavy atom. The van der Waals surface area contributed by atoms with Gasteiger partial charge < -0.3 is 15.4 Å². The number of hydrogen-bond donors (Lipinski definition) is 2. The van der Waals surface area contributed by atoms with Crippen molar-refractivity contribution in [3.05, 3.63) is 47.3 Å². The topological polar surface area (TPSA) is 93.2 Å². The van der Waals surface area contributed by atoms with E-state index >= 15 is 0 Å². The van der Waals surface area contributed by atoms with E-state index in [1.54, 1.807) is 44.2 Å². The fourth-order valence-electron chi connectivity index (χ4n) is 2.23. The number of anilines is 2. The summed E-state index contributed by atoms with van der Waals surface area (Å²) in [4.78, 5) is 32.9. The maximum absolute atomic E-state index is 12.3. The molecular formula is C19H24N4O3. The van der Waals surface area contributed by atoms with Crippen LogP contribution in [-0.2, 0) is 4.74 Å². The minimum atomic E-state index is -0.432. The number of carbonyl (C=O) groups is 2. The van der Waals surface area contributed by atoms with Crippen molar-refractivity contribution in [1.82, 2.24) is 15.3 Å². The first-order chi connectivity index (χ1) is 12.4. The van der Waals surface area contributed by atoms with Crippen LogP contribution >= 0.6 is 0 Å². The Morgan fingerprint density at radius 2 is 1.92 bits per heavy atom. The van der Waals surface area contributed by atoms with E-state index in [-0.39, 0.29) is 24.2 Å². The SMILES string of the molecule is CCOC(=O)c1ccccc1Nc1nc(C)cc(C(=O)NCC(C)C)n1. The van der Waals surface area contributed by atoms with Crippen LogP contribution in [0.3, 0.4) is 0 Å². The van der Waals surface area contributed by atoms with Gasteiger partial charge in [0.1, 0.15) is 5.69 Å². The molecule has 2 aromatic rings. The molecule has 0 saturated heterocycles. The first-order valence-electron chi connectivity index (χ1n) is 8.57. The van der Waals surface area contributed by atoms with Gasteiger partial charge in [0.25, 0.3) is 5.91 Å². The average Bonchev–Trinajstić information content (AvgIpc) is 2.59. The van der Waals surface area contributed by atoms with Crippen molar-refractivity contribution >= 4 is 23.5 Å². The molecule has 2 N–H and O–H groups in total. The van der Waals surface area contributed by atoms with Gasteiger partial charge in [0.05, 0.1) is 17.9 Å². The Kier molecular flexibility index (Phi) is 6.66. The highest BCUT2D eigenvalue weighted by molar-refractivity contribution is 5.96. The molecule has 7 nitrogen and oxygen atoms in total. The summed E-state index contributed by atoms with van der Waals surface area (Å²) < 4.78 is 5.06. The normalized spacial score (nSPS) is 10.5. The Balaban J connectivity index is 2.25. The summed E-state index contributed by atoms with van der Waals surface area (Å²) in [5.74, 6) is -0.100. The first kappa shape index (κ1) is 19.4. The molecule has 26 heavy (non-hydrogen) atoms. The van der Waals surface area contributed by atoms with Crippen LogP contribution in [0.2, 0.25) is 0 Å². The number of carbonyl (C=O) groups excluding carboxylic acids is 2. The number of rotatable bonds is 7. The lowest BCUT2D eigenvalue weighted by Gasteiger charge is -2.12. The summed E-state index contributed by atoms with van der Waals surface area (Å²) in [5, 5.41) is 5.84. The summed E-state index contributed by atoms with van der Waals surface area (Å²) in [5.41, 5.74) is 1.82. The zero-order valence-electron chi connectivity index (χ0n) is 15.5. The van der Waals surface area contributed by atoms with E-state index in [9.17, 15) is 9.59 Å². The van der Waals surface area contributed by atoms with E-state index in [0.717, 1.165) is 0 Å². The maximum atomic E-state index is 12.3. The molecule has 0 atom stereocenters. The van der Waals surface area contributed by atoms with Crippen molar-refractivity contribution in [2.75, 3.05) is 18.5 Å². The number of para-hydroxylation sites is 1. The number of aromatic nitrogens is 2. The van der Waals surface area contributed by atoms with Crippen LogP contribution in [0.15, 0.2) is 30.3 Å².